The van der Waals surface area contributed by atoms with Crippen molar-refractivity contribution in [3.63, 3.8) is 0 Å². The topological polar surface area (TPSA) is 26.3 Å². The molecule has 0 fully saturated rings. The van der Waals surface area contributed by atoms with Crippen molar-refractivity contribution in [3.8, 4) is 0 Å². The Bertz CT molecular complexity index is 322. The Labute approximate surface area is 85.4 Å². The van der Waals surface area contributed by atoms with E-state index in [-0.39, 0.29) is 5.97 Å². The van der Waals surface area contributed by atoms with Gasteiger partial charge in [0, 0.05) is 4.48 Å². The van der Waals surface area contributed by atoms with Gasteiger partial charge in [0.15, 0.2) is 0 Å². The minimum absolute atomic E-state index is 0.327. The van der Waals surface area contributed by atoms with Crippen LogP contribution in [0.4, 0.5) is 0 Å². The normalized spacial score (nSPS) is 28.5. The van der Waals surface area contributed by atoms with Crippen LogP contribution in [0.3, 0.4) is 0 Å². The molecule has 0 radical (unpaired) electrons. The predicted molar refractivity (Wildman–Crippen MR) is 55.4 cm³/mol. The maximum absolute atomic E-state index is 11.1. The second-order valence-electron chi connectivity index (χ2n) is 2.38. The number of allylic oxidation sites excluding steroid dienone is 6. The summed E-state index contributed by atoms with van der Waals surface area (Å²) in [4.78, 5) is 11.1. The average molecular weight is 241 g/mol. The largest absolute Gasteiger partial charge is 0.465 e. The lowest BCUT2D eigenvalue weighted by molar-refractivity contribution is -0.135. The zero-order valence-electron chi connectivity index (χ0n) is 7.16. The van der Waals surface area contributed by atoms with E-state index in [4.69, 9.17) is 0 Å². The van der Waals surface area contributed by atoms with Gasteiger partial charge in [-0.3, -0.25) is 0 Å². The van der Waals surface area contributed by atoms with Crippen LogP contribution in [0.25, 0.3) is 0 Å². The van der Waals surface area contributed by atoms with Crippen molar-refractivity contribution in [2.75, 3.05) is 7.11 Å². The molecule has 68 valence electrons. The number of halogens is 1. The summed E-state index contributed by atoms with van der Waals surface area (Å²) in [6.45, 7) is 0. The molecule has 0 spiro atoms. The molecule has 0 saturated carbocycles. The molecule has 1 aliphatic carbocycles. The molecular formula is C10H9BrO2. The van der Waals surface area contributed by atoms with Crippen LogP contribution < -0.4 is 0 Å². The van der Waals surface area contributed by atoms with Crippen LogP contribution in [0, 0.1) is 0 Å². The first kappa shape index (κ1) is 9.99. The highest BCUT2D eigenvalue weighted by atomic mass is 79.9. The van der Waals surface area contributed by atoms with Gasteiger partial charge < -0.3 is 4.74 Å². The van der Waals surface area contributed by atoms with E-state index in [1.807, 2.05) is 12.2 Å². The van der Waals surface area contributed by atoms with E-state index in [0.717, 1.165) is 4.48 Å². The number of methoxy groups -OCH3 is 1. The van der Waals surface area contributed by atoms with Crippen molar-refractivity contribution in [1.82, 2.24) is 0 Å². The average Bonchev–Trinajstić information content (AvgIpc) is 2.10. The number of hydrogen-bond acceptors (Lipinski definition) is 2. The van der Waals surface area contributed by atoms with Crippen LogP contribution in [0.1, 0.15) is 0 Å². The zero-order valence-corrected chi connectivity index (χ0v) is 8.74. The van der Waals surface area contributed by atoms with Crippen LogP contribution in [-0.4, -0.2) is 13.1 Å². The van der Waals surface area contributed by atoms with Crippen LogP contribution in [0.2, 0.25) is 0 Å². The smallest absolute Gasteiger partial charge is 0.337 e. The van der Waals surface area contributed by atoms with Gasteiger partial charge in [-0.25, -0.2) is 4.79 Å². The summed E-state index contributed by atoms with van der Waals surface area (Å²) in [5.41, 5.74) is 0.537. The Hall–Kier alpha value is -1.09. The first-order valence-electron chi connectivity index (χ1n) is 3.74. The van der Waals surface area contributed by atoms with Crippen molar-refractivity contribution in [1.29, 1.82) is 0 Å². The minimum atomic E-state index is -0.327. The van der Waals surface area contributed by atoms with Gasteiger partial charge in [0.05, 0.1) is 12.7 Å². The van der Waals surface area contributed by atoms with Crippen molar-refractivity contribution >= 4 is 21.9 Å². The molecule has 1 aliphatic rings. The summed E-state index contributed by atoms with van der Waals surface area (Å²) in [5, 5.41) is 0. The highest BCUT2D eigenvalue weighted by Gasteiger charge is 2.04. The molecule has 13 heavy (non-hydrogen) atoms. The van der Waals surface area contributed by atoms with E-state index < -0.39 is 0 Å². The number of esters is 1. The van der Waals surface area contributed by atoms with Gasteiger partial charge in [-0.05, 0) is 24.3 Å². The van der Waals surface area contributed by atoms with Gasteiger partial charge in [0.2, 0.25) is 0 Å². The molecular weight excluding hydrogens is 232 g/mol. The van der Waals surface area contributed by atoms with Crippen molar-refractivity contribution < 1.29 is 9.53 Å². The fourth-order valence-electron chi connectivity index (χ4n) is 0.852. The monoisotopic (exact) mass is 240 g/mol. The number of carbonyl (C=O) groups excluding carboxylic acids is 1. The first-order valence-corrected chi connectivity index (χ1v) is 4.54. The number of rotatable bonds is 1. The maximum atomic E-state index is 11.1. The maximum Gasteiger partial charge on any atom is 0.337 e. The van der Waals surface area contributed by atoms with Crippen LogP contribution >= 0.6 is 15.9 Å². The molecule has 0 N–H and O–H groups in total. The molecule has 0 amide bonds. The highest BCUT2D eigenvalue weighted by Crippen LogP contribution is 2.11. The lowest BCUT2D eigenvalue weighted by Crippen LogP contribution is -2.02. The van der Waals surface area contributed by atoms with Gasteiger partial charge in [-0.15, -0.1) is 0 Å². The molecule has 1 rings (SSSR count). The third-order valence-electron chi connectivity index (χ3n) is 1.48. The van der Waals surface area contributed by atoms with E-state index in [2.05, 4.69) is 20.7 Å². The van der Waals surface area contributed by atoms with Gasteiger partial charge >= 0.3 is 5.97 Å². The Kier molecular flexibility index (Phi) is 3.71. The fourth-order valence-corrected chi connectivity index (χ4v) is 1.16. The second kappa shape index (κ2) is 4.82. The summed E-state index contributed by atoms with van der Waals surface area (Å²) in [6.07, 6.45) is 10.7. The predicted octanol–water partition coefficient (Wildman–Crippen LogP) is 2.49. The Balaban J connectivity index is 2.86. The van der Waals surface area contributed by atoms with E-state index in [1.165, 1.54) is 7.11 Å². The number of hydrogen-bond donors (Lipinski definition) is 0. The lowest BCUT2D eigenvalue weighted by atomic mass is 10.2. The van der Waals surface area contributed by atoms with E-state index in [9.17, 15) is 4.79 Å². The summed E-state index contributed by atoms with van der Waals surface area (Å²) in [7, 11) is 1.37. The number of ether oxygens (including phenoxy) is 1. The minimum Gasteiger partial charge on any atom is -0.465 e. The molecule has 0 aromatic heterocycles. The van der Waals surface area contributed by atoms with Gasteiger partial charge in [0.25, 0.3) is 0 Å². The number of carbonyl (C=O) groups is 1. The second-order valence-corrected chi connectivity index (χ2v) is 3.30. The Morgan fingerprint density at radius 3 is 2.69 bits per heavy atom. The van der Waals surface area contributed by atoms with Crippen molar-refractivity contribution in [2.45, 2.75) is 0 Å². The first-order chi connectivity index (χ1) is 6.24. The van der Waals surface area contributed by atoms with E-state index >= 15 is 0 Å². The van der Waals surface area contributed by atoms with Crippen LogP contribution in [0.5, 0.6) is 0 Å². The lowest BCUT2D eigenvalue weighted by Gasteiger charge is -1.99. The van der Waals surface area contributed by atoms with Gasteiger partial charge in [0.1, 0.15) is 0 Å². The van der Waals surface area contributed by atoms with E-state index in [1.54, 1.807) is 24.3 Å². The Morgan fingerprint density at radius 2 is 2.00 bits per heavy atom. The fraction of sp³-hybridized carbons (Fsp3) is 0.100. The molecule has 0 heterocycles. The summed E-state index contributed by atoms with van der Waals surface area (Å²) in [5.74, 6) is -0.327. The molecule has 0 atom stereocenters. The quantitative estimate of drug-likeness (QED) is 0.659. The molecule has 0 aromatic carbocycles. The summed E-state index contributed by atoms with van der Waals surface area (Å²) in [6, 6.07) is 0. The SMILES string of the molecule is COC(=O)C1=C/C=C\C(Br)=C/C=C\1. The van der Waals surface area contributed by atoms with Crippen LogP contribution in [0.15, 0.2) is 46.5 Å². The molecule has 3 heteroatoms. The van der Waals surface area contributed by atoms with Crippen molar-refractivity contribution in [3.05, 3.63) is 46.5 Å². The standard InChI is InChI=1S/C10H9BrO2/c1-13-10(12)8-4-2-6-9(11)7-3-5-8/h2-7H,1H3/b4-2-,5-3?,6-2?,7-3-,8-4?,8-5+,9-6+,9-7?. The van der Waals surface area contributed by atoms with Crippen molar-refractivity contribution in [2.24, 2.45) is 0 Å². The molecule has 0 unspecified atom stereocenters. The summed E-state index contributed by atoms with van der Waals surface area (Å²) < 4.78 is 5.55. The molecule has 2 nitrogen and oxygen atoms in total. The third-order valence-corrected chi connectivity index (χ3v) is 2.01. The third kappa shape index (κ3) is 3.03. The van der Waals surface area contributed by atoms with Gasteiger partial charge in [-0.1, -0.05) is 28.1 Å². The van der Waals surface area contributed by atoms with Gasteiger partial charge in [-0.2, -0.15) is 0 Å². The summed E-state index contributed by atoms with van der Waals surface area (Å²) >= 11 is 3.32. The zero-order chi connectivity index (χ0) is 9.68. The molecule has 0 bridgehead atoms. The molecule has 0 saturated heterocycles. The van der Waals surface area contributed by atoms with E-state index in [0.29, 0.717) is 5.57 Å². The Morgan fingerprint density at radius 1 is 1.31 bits per heavy atom. The highest BCUT2D eigenvalue weighted by molar-refractivity contribution is 9.11. The molecule has 0 aromatic rings. The molecule has 0 aliphatic heterocycles. The van der Waals surface area contributed by atoms with Crippen LogP contribution in [-0.2, 0) is 9.53 Å².